The molecule has 2 fully saturated rings. The largest absolute Gasteiger partial charge is 0.303 e. The summed E-state index contributed by atoms with van der Waals surface area (Å²) < 4.78 is 14.2. The first kappa shape index (κ1) is 23.7. The van der Waals surface area contributed by atoms with Gasteiger partial charge in [-0.05, 0) is 104 Å². The van der Waals surface area contributed by atoms with Crippen LogP contribution in [0.15, 0.2) is 18.2 Å². The molecule has 0 unspecified atom stereocenters. The quantitative estimate of drug-likeness (QED) is 0.485. The Morgan fingerprint density at radius 2 is 1.57 bits per heavy atom. The predicted octanol–water partition coefficient (Wildman–Crippen LogP) is 7.55. The molecule has 1 aliphatic carbocycles. The summed E-state index contributed by atoms with van der Waals surface area (Å²) >= 11 is 0. The zero-order chi connectivity index (χ0) is 19.7. The second-order valence-electron chi connectivity index (χ2n) is 10.9. The summed E-state index contributed by atoms with van der Waals surface area (Å²) in [4.78, 5) is 2.62. The Labute approximate surface area is 178 Å². The van der Waals surface area contributed by atoms with E-state index in [0.29, 0.717) is 22.7 Å². The minimum Gasteiger partial charge on any atom is -0.303 e. The molecule has 3 rings (SSSR count). The van der Waals surface area contributed by atoms with Gasteiger partial charge in [-0.25, -0.2) is 4.39 Å². The first-order chi connectivity index (χ1) is 12.7. The van der Waals surface area contributed by atoms with Gasteiger partial charge in [-0.15, -0.1) is 12.4 Å². The lowest BCUT2D eigenvalue weighted by atomic mass is 9.59. The molecule has 160 valence electrons. The number of likely N-dealkylation sites (tertiary alicyclic amines) is 1. The van der Waals surface area contributed by atoms with Crippen molar-refractivity contribution in [2.45, 2.75) is 91.4 Å². The van der Waals surface area contributed by atoms with E-state index in [9.17, 15) is 4.39 Å². The highest BCUT2D eigenvalue weighted by molar-refractivity contribution is 5.85. The average Bonchev–Trinajstić information content (AvgIpc) is 2.58. The summed E-state index contributed by atoms with van der Waals surface area (Å²) in [6.07, 6.45) is 8.65. The highest BCUT2D eigenvalue weighted by Gasteiger charge is 2.40. The van der Waals surface area contributed by atoms with Crippen molar-refractivity contribution in [2.24, 2.45) is 10.8 Å². The fourth-order valence-electron chi connectivity index (χ4n) is 6.19. The molecule has 0 amide bonds. The summed E-state index contributed by atoms with van der Waals surface area (Å²) in [6, 6.07) is 5.69. The third-order valence-corrected chi connectivity index (χ3v) is 6.90. The van der Waals surface area contributed by atoms with E-state index in [-0.39, 0.29) is 18.2 Å². The molecule has 1 saturated carbocycles. The molecule has 28 heavy (non-hydrogen) atoms. The molecule has 1 aliphatic heterocycles. The van der Waals surface area contributed by atoms with E-state index in [4.69, 9.17) is 0 Å². The Bertz CT molecular complexity index is 615. The van der Waals surface area contributed by atoms with Crippen molar-refractivity contribution in [1.29, 1.82) is 0 Å². The third-order valence-electron chi connectivity index (χ3n) is 6.90. The highest BCUT2D eigenvalue weighted by atomic mass is 35.5. The van der Waals surface area contributed by atoms with Gasteiger partial charge < -0.3 is 4.90 Å². The topological polar surface area (TPSA) is 3.24 Å². The molecule has 1 aromatic rings. The van der Waals surface area contributed by atoms with E-state index in [2.05, 4.69) is 45.6 Å². The Kier molecular flexibility index (Phi) is 8.01. The number of nitrogens with zero attached hydrogens (tertiary/aromatic N) is 1. The number of hydrogen-bond donors (Lipinski definition) is 0. The summed E-state index contributed by atoms with van der Waals surface area (Å²) in [5, 5.41) is 0. The zero-order valence-electron chi connectivity index (χ0n) is 18.7. The minimum atomic E-state index is -0.0599. The van der Waals surface area contributed by atoms with Crippen LogP contribution in [0.25, 0.3) is 0 Å². The minimum absolute atomic E-state index is 0. The van der Waals surface area contributed by atoms with Crippen molar-refractivity contribution < 1.29 is 4.39 Å². The number of halogens is 2. The van der Waals surface area contributed by atoms with Gasteiger partial charge in [-0.1, -0.05) is 47.1 Å². The Balaban J connectivity index is 0.00000280. The standard InChI is InChI=1S/C25H40FN.ClH/c1-6-7-12-27-13-10-19(11-14-27)22-9-8-21(26)15-23(22)20-16-24(2,3)18-25(4,5)17-20;/h8-9,15,19-20H,6-7,10-14,16-18H2,1-5H3;1H. The first-order valence-electron chi connectivity index (χ1n) is 11.2. The van der Waals surface area contributed by atoms with Crippen molar-refractivity contribution in [3.05, 3.63) is 35.1 Å². The van der Waals surface area contributed by atoms with Crippen LogP contribution in [0.5, 0.6) is 0 Å². The maximum atomic E-state index is 14.2. The van der Waals surface area contributed by atoms with Gasteiger partial charge >= 0.3 is 0 Å². The smallest absolute Gasteiger partial charge is 0.123 e. The Hall–Kier alpha value is -0.600. The van der Waals surface area contributed by atoms with Crippen LogP contribution in [0.1, 0.15) is 103 Å². The van der Waals surface area contributed by atoms with E-state index in [0.717, 1.165) is 0 Å². The molecule has 0 atom stereocenters. The molecule has 1 aromatic carbocycles. The second-order valence-corrected chi connectivity index (χ2v) is 10.9. The van der Waals surface area contributed by atoms with E-state index in [1.165, 1.54) is 75.7 Å². The number of benzene rings is 1. The lowest BCUT2D eigenvalue weighted by Crippen LogP contribution is -2.35. The molecule has 1 saturated heterocycles. The fourth-order valence-corrected chi connectivity index (χ4v) is 6.19. The van der Waals surface area contributed by atoms with Crippen LogP contribution in [0, 0.1) is 16.6 Å². The summed E-state index contributed by atoms with van der Waals surface area (Å²) in [5.41, 5.74) is 3.44. The summed E-state index contributed by atoms with van der Waals surface area (Å²) in [5.74, 6) is 1.04. The van der Waals surface area contributed by atoms with Crippen molar-refractivity contribution in [2.75, 3.05) is 19.6 Å². The van der Waals surface area contributed by atoms with Gasteiger partial charge in [0.25, 0.3) is 0 Å². The van der Waals surface area contributed by atoms with Crippen LogP contribution >= 0.6 is 12.4 Å². The predicted molar refractivity (Wildman–Crippen MR) is 121 cm³/mol. The lowest BCUT2D eigenvalue weighted by molar-refractivity contribution is 0.0961. The van der Waals surface area contributed by atoms with Gasteiger partial charge in [0.2, 0.25) is 0 Å². The lowest BCUT2D eigenvalue weighted by Gasteiger charge is -2.46. The second kappa shape index (κ2) is 9.47. The number of rotatable bonds is 5. The van der Waals surface area contributed by atoms with Crippen LogP contribution in [0.2, 0.25) is 0 Å². The molecule has 3 heteroatoms. The maximum Gasteiger partial charge on any atom is 0.123 e. The SMILES string of the molecule is CCCCN1CCC(c2ccc(F)cc2C2CC(C)(C)CC(C)(C)C2)CC1.Cl. The van der Waals surface area contributed by atoms with E-state index >= 15 is 0 Å². The zero-order valence-corrected chi connectivity index (χ0v) is 19.5. The summed E-state index contributed by atoms with van der Waals surface area (Å²) in [7, 11) is 0. The summed E-state index contributed by atoms with van der Waals surface area (Å²) in [6.45, 7) is 15.5. The molecule has 1 nitrogen and oxygen atoms in total. The Morgan fingerprint density at radius 3 is 2.14 bits per heavy atom. The number of unbranched alkanes of at least 4 members (excludes halogenated alkanes) is 1. The van der Waals surface area contributed by atoms with E-state index in [1.807, 2.05) is 6.07 Å². The molecule has 0 N–H and O–H groups in total. The third kappa shape index (κ3) is 5.95. The van der Waals surface area contributed by atoms with E-state index in [1.54, 1.807) is 6.07 Å². The number of hydrogen-bond acceptors (Lipinski definition) is 1. The highest BCUT2D eigenvalue weighted by Crippen LogP contribution is 2.53. The van der Waals surface area contributed by atoms with Crippen LogP contribution < -0.4 is 0 Å². The molecular formula is C25H41ClFN. The monoisotopic (exact) mass is 409 g/mol. The van der Waals surface area contributed by atoms with Crippen LogP contribution in [0.3, 0.4) is 0 Å². The molecule has 1 heterocycles. The molecule has 0 bridgehead atoms. The maximum absolute atomic E-state index is 14.2. The van der Waals surface area contributed by atoms with Crippen LogP contribution in [0.4, 0.5) is 4.39 Å². The van der Waals surface area contributed by atoms with Gasteiger partial charge in [-0.2, -0.15) is 0 Å². The van der Waals surface area contributed by atoms with E-state index < -0.39 is 0 Å². The van der Waals surface area contributed by atoms with Crippen LogP contribution in [-0.2, 0) is 0 Å². The molecule has 0 radical (unpaired) electrons. The van der Waals surface area contributed by atoms with Crippen LogP contribution in [-0.4, -0.2) is 24.5 Å². The average molecular weight is 410 g/mol. The molecule has 2 aliphatic rings. The Morgan fingerprint density at radius 1 is 0.964 bits per heavy atom. The molecule has 0 aromatic heterocycles. The van der Waals surface area contributed by atoms with Crippen molar-refractivity contribution in [3.8, 4) is 0 Å². The van der Waals surface area contributed by atoms with Gasteiger partial charge in [0.05, 0.1) is 0 Å². The first-order valence-corrected chi connectivity index (χ1v) is 11.2. The normalized spacial score (nSPS) is 23.4. The van der Waals surface area contributed by atoms with Crippen molar-refractivity contribution >= 4 is 12.4 Å². The molecular weight excluding hydrogens is 369 g/mol. The van der Waals surface area contributed by atoms with Gasteiger partial charge in [0, 0.05) is 0 Å². The van der Waals surface area contributed by atoms with Gasteiger partial charge in [0.15, 0.2) is 0 Å². The van der Waals surface area contributed by atoms with Crippen molar-refractivity contribution in [3.63, 3.8) is 0 Å². The fraction of sp³-hybridized carbons (Fsp3) is 0.760. The van der Waals surface area contributed by atoms with Crippen molar-refractivity contribution in [1.82, 2.24) is 4.90 Å². The molecule has 0 spiro atoms. The van der Waals surface area contributed by atoms with Gasteiger partial charge in [-0.3, -0.25) is 0 Å². The number of piperidine rings is 1. The van der Waals surface area contributed by atoms with Gasteiger partial charge in [0.1, 0.15) is 5.82 Å².